The predicted molar refractivity (Wildman–Crippen MR) is 87.6 cm³/mol. The minimum atomic E-state index is -0.633. The van der Waals surface area contributed by atoms with Crippen LogP contribution in [0.2, 0.25) is 0 Å². The first-order chi connectivity index (χ1) is 11.6. The lowest BCUT2D eigenvalue weighted by atomic mass is 10.0. The van der Waals surface area contributed by atoms with Gasteiger partial charge in [-0.1, -0.05) is 18.2 Å². The van der Waals surface area contributed by atoms with Gasteiger partial charge >= 0.3 is 0 Å². The van der Waals surface area contributed by atoms with Gasteiger partial charge in [0.05, 0.1) is 0 Å². The molecule has 0 saturated carbocycles. The fourth-order valence-corrected chi connectivity index (χ4v) is 2.36. The molecule has 120 valence electrons. The average molecular weight is 324 g/mol. The van der Waals surface area contributed by atoms with E-state index in [1.165, 1.54) is 18.2 Å². The maximum absolute atomic E-state index is 13.2. The van der Waals surface area contributed by atoms with E-state index in [0.29, 0.717) is 16.6 Å². The Morgan fingerprint density at radius 1 is 0.833 bits per heavy atom. The summed E-state index contributed by atoms with van der Waals surface area (Å²) >= 11 is 0. The number of hydrogen-bond donors (Lipinski definition) is 3. The number of carbonyl (C=O) groups is 2. The maximum Gasteiger partial charge on any atom is 0.274 e. The van der Waals surface area contributed by atoms with Crippen molar-refractivity contribution in [3.05, 3.63) is 77.6 Å². The van der Waals surface area contributed by atoms with Gasteiger partial charge < -0.3 is 5.32 Å². The van der Waals surface area contributed by atoms with Gasteiger partial charge in [-0.05, 0) is 53.2 Å². The standard InChI is InChI=1S/C18H13FN2O3/c19-15-2-1-3-16(10-15)20-17(22)12-6-4-11-5-7-13(18(23)21-24)9-14(11)8-12/h1-10,24H,(H,20,22)(H,21,23). The summed E-state index contributed by atoms with van der Waals surface area (Å²) in [4.78, 5) is 23.8. The largest absolute Gasteiger partial charge is 0.322 e. The van der Waals surface area contributed by atoms with Crippen LogP contribution in [0.15, 0.2) is 60.7 Å². The molecule has 0 radical (unpaired) electrons. The van der Waals surface area contributed by atoms with Crippen LogP contribution in [0, 0.1) is 5.82 Å². The molecule has 0 fully saturated rings. The molecule has 3 aromatic rings. The van der Waals surface area contributed by atoms with Gasteiger partial charge in [-0.2, -0.15) is 0 Å². The highest BCUT2D eigenvalue weighted by Gasteiger charge is 2.09. The van der Waals surface area contributed by atoms with E-state index in [1.54, 1.807) is 47.9 Å². The zero-order valence-electron chi connectivity index (χ0n) is 12.4. The number of nitrogens with one attached hydrogen (secondary N) is 2. The van der Waals surface area contributed by atoms with E-state index in [2.05, 4.69) is 5.32 Å². The van der Waals surface area contributed by atoms with Crippen molar-refractivity contribution in [1.82, 2.24) is 5.48 Å². The molecular formula is C18H13FN2O3. The van der Waals surface area contributed by atoms with Crippen LogP contribution >= 0.6 is 0 Å². The lowest BCUT2D eigenvalue weighted by Crippen LogP contribution is -2.18. The van der Waals surface area contributed by atoms with Gasteiger partial charge in [0.2, 0.25) is 0 Å². The number of fused-ring (bicyclic) bond motifs is 1. The quantitative estimate of drug-likeness (QED) is 0.511. The number of anilines is 1. The van der Waals surface area contributed by atoms with Crippen molar-refractivity contribution in [2.24, 2.45) is 0 Å². The molecule has 6 heteroatoms. The molecule has 0 aliphatic heterocycles. The molecule has 0 saturated heterocycles. The van der Waals surface area contributed by atoms with Crippen LogP contribution in [-0.2, 0) is 0 Å². The summed E-state index contributed by atoms with van der Waals surface area (Å²) in [5, 5.41) is 12.8. The molecule has 0 spiro atoms. The van der Waals surface area contributed by atoms with Crippen LogP contribution in [0.4, 0.5) is 10.1 Å². The third kappa shape index (κ3) is 3.23. The normalized spacial score (nSPS) is 10.4. The summed E-state index contributed by atoms with van der Waals surface area (Å²) in [5.74, 6) is -1.46. The fourth-order valence-electron chi connectivity index (χ4n) is 2.36. The number of amides is 2. The Labute approximate surface area is 136 Å². The first-order valence-electron chi connectivity index (χ1n) is 7.12. The summed E-state index contributed by atoms with van der Waals surface area (Å²) < 4.78 is 13.2. The van der Waals surface area contributed by atoms with E-state index < -0.39 is 11.7 Å². The van der Waals surface area contributed by atoms with Crippen LogP contribution in [0.3, 0.4) is 0 Å². The van der Waals surface area contributed by atoms with Crippen LogP contribution in [0.25, 0.3) is 10.8 Å². The Kier molecular flexibility index (Phi) is 4.22. The molecule has 0 aromatic heterocycles. The topological polar surface area (TPSA) is 78.4 Å². The van der Waals surface area contributed by atoms with Crippen LogP contribution < -0.4 is 10.8 Å². The number of benzene rings is 3. The van der Waals surface area contributed by atoms with Gasteiger partial charge in [0.1, 0.15) is 5.82 Å². The number of halogens is 1. The molecule has 0 unspecified atom stereocenters. The third-order valence-electron chi connectivity index (χ3n) is 3.55. The van der Waals surface area contributed by atoms with Crippen molar-refractivity contribution < 1.29 is 19.2 Å². The molecule has 0 aliphatic carbocycles. The minimum Gasteiger partial charge on any atom is -0.322 e. The summed E-state index contributed by atoms with van der Waals surface area (Å²) in [5.41, 5.74) is 2.56. The van der Waals surface area contributed by atoms with E-state index in [-0.39, 0.29) is 11.5 Å². The Morgan fingerprint density at radius 3 is 2.12 bits per heavy atom. The summed E-state index contributed by atoms with van der Waals surface area (Å²) in [6, 6.07) is 15.5. The molecule has 0 atom stereocenters. The number of rotatable bonds is 3. The third-order valence-corrected chi connectivity index (χ3v) is 3.55. The van der Waals surface area contributed by atoms with Gasteiger partial charge in [-0.15, -0.1) is 0 Å². The second kappa shape index (κ2) is 6.47. The van der Waals surface area contributed by atoms with Gasteiger partial charge in [0.15, 0.2) is 0 Å². The van der Waals surface area contributed by atoms with Crippen LogP contribution in [0.1, 0.15) is 20.7 Å². The van der Waals surface area contributed by atoms with Gasteiger partial charge in [0.25, 0.3) is 11.8 Å². The Bertz CT molecular complexity index is 940. The average Bonchev–Trinajstić information content (AvgIpc) is 2.60. The lowest BCUT2D eigenvalue weighted by molar-refractivity contribution is 0.0706. The highest BCUT2D eigenvalue weighted by molar-refractivity contribution is 6.07. The summed E-state index contributed by atoms with van der Waals surface area (Å²) in [6.45, 7) is 0. The number of hydroxylamine groups is 1. The number of carbonyl (C=O) groups excluding carboxylic acids is 2. The zero-order chi connectivity index (χ0) is 17.1. The molecule has 3 N–H and O–H groups in total. The molecular weight excluding hydrogens is 311 g/mol. The molecule has 0 heterocycles. The summed E-state index contributed by atoms with van der Waals surface area (Å²) in [6.07, 6.45) is 0. The van der Waals surface area contributed by atoms with E-state index in [4.69, 9.17) is 5.21 Å². The SMILES string of the molecule is O=C(NO)c1ccc2ccc(C(=O)Nc3cccc(F)c3)cc2c1. The van der Waals surface area contributed by atoms with E-state index in [1.807, 2.05) is 0 Å². The first kappa shape index (κ1) is 15.6. The second-order valence-corrected chi connectivity index (χ2v) is 5.18. The maximum atomic E-state index is 13.2. The fraction of sp³-hybridized carbons (Fsp3) is 0. The predicted octanol–water partition coefficient (Wildman–Crippen LogP) is 3.35. The van der Waals surface area contributed by atoms with E-state index >= 15 is 0 Å². The van der Waals surface area contributed by atoms with Gasteiger partial charge in [-0.25, -0.2) is 9.87 Å². The Hall–Kier alpha value is -3.25. The van der Waals surface area contributed by atoms with Crippen molar-refractivity contribution in [1.29, 1.82) is 0 Å². The van der Waals surface area contributed by atoms with E-state index in [9.17, 15) is 14.0 Å². The highest BCUT2D eigenvalue weighted by Crippen LogP contribution is 2.19. The molecule has 3 aromatic carbocycles. The Balaban J connectivity index is 1.91. The van der Waals surface area contributed by atoms with Gasteiger partial charge in [0, 0.05) is 16.8 Å². The molecule has 5 nitrogen and oxygen atoms in total. The summed E-state index contributed by atoms with van der Waals surface area (Å²) in [7, 11) is 0. The van der Waals surface area contributed by atoms with Crippen molar-refractivity contribution in [3.8, 4) is 0 Å². The van der Waals surface area contributed by atoms with Gasteiger partial charge in [-0.3, -0.25) is 14.8 Å². The van der Waals surface area contributed by atoms with Crippen molar-refractivity contribution in [3.63, 3.8) is 0 Å². The zero-order valence-corrected chi connectivity index (χ0v) is 12.4. The highest BCUT2D eigenvalue weighted by atomic mass is 19.1. The van der Waals surface area contributed by atoms with Crippen molar-refractivity contribution in [2.75, 3.05) is 5.32 Å². The molecule has 0 aliphatic rings. The number of hydrogen-bond acceptors (Lipinski definition) is 3. The minimum absolute atomic E-state index is 0.271. The molecule has 0 bridgehead atoms. The van der Waals surface area contributed by atoms with Crippen LogP contribution in [-0.4, -0.2) is 17.0 Å². The Morgan fingerprint density at radius 2 is 1.50 bits per heavy atom. The lowest BCUT2D eigenvalue weighted by Gasteiger charge is -2.07. The van der Waals surface area contributed by atoms with Crippen molar-refractivity contribution >= 4 is 28.3 Å². The monoisotopic (exact) mass is 324 g/mol. The van der Waals surface area contributed by atoms with E-state index in [0.717, 1.165) is 5.39 Å². The molecule has 3 rings (SSSR count). The van der Waals surface area contributed by atoms with Crippen LogP contribution in [0.5, 0.6) is 0 Å². The smallest absolute Gasteiger partial charge is 0.274 e. The molecule has 24 heavy (non-hydrogen) atoms. The second-order valence-electron chi connectivity index (χ2n) is 5.18. The van der Waals surface area contributed by atoms with Crippen molar-refractivity contribution in [2.45, 2.75) is 0 Å². The first-order valence-corrected chi connectivity index (χ1v) is 7.12. The molecule has 2 amide bonds.